The van der Waals surface area contributed by atoms with E-state index in [9.17, 15) is 14.3 Å². The molecule has 1 heterocycles. The van der Waals surface area contributed by atoms with E-state index in [0.717, 1.165) is 0 Å². The number of nitrogens with one attached hydrogen (secondary N) is 1. The second-order valence-corrected chi connectivity index (χ2v) is 5.91. The molecule has 0 radical (unpaired) electrons. The minimum Gasteiger partial charge on any atom is -0.504 e. The molecule has 6 nitrogen and oxygen atoms in total. The number of hydrogen-bond acceptors (Lipinski definition) is 4. The molecule has 0 bridgehead atoms. The van der Waals surface area contributed by atoms with Gasteiger partial charge in [0, 0.05) is 12.1 Å². The van der Waals surface area contributed by atoms with Gasteiger partial charge < -0.3 is 16.2 Å². The fraction of sp³-hybridized carbons (Fsp3) is 0.333. The molecule has 0 atom stereocenters. The summed E-state index contributed by atoms with van der Waals surface area (Å²) in [5.41, 5.74) is 6.34. The third-order valence-corrected chi connectivity index (χ3v) is 3.02. The first kappa shape index (κ1) is 18.9. The SMILES string of the molecule is Cc1cc(F)ccc1-n1cc(O)c(C(=O)NCC(C)(C)N)n1.Cl. The Morgan fingerprint density at radius 3 is 2.70 bits per heavy atom. The fourth-order valence-electron chi connectivity index (χ4n) is 1.92. The van der Waals surface area contributed by atoms with Gasteiger partial charge in [0.15, 0.2) is 11.4 Å². The number of halogens is 2. The molecule has 2 rings (SSSR count). The maximum atomic E-state index is 13.1. The van der Waals surface area contributed by atoms with Gasteiger partial charge in [-0.3, -0.25) is 4.79 Å². The summed E-state index contributed by atoms with van der Waals surface area (Å²) < 4.78 is 14.5. The zero-order chi connectivity index (χ0) is 16.5. The molecule has 0 aliphatic heterocycles. The first-order valence-corrected chi connectivity index (χ1v) is 6.79. The van der Waals surface area contributed by atoms with Crippen molar-refractivity contribution in [1.82, 2.24) is 15.1 Å². The summed E-state index contributed by atoms with van der Waals surface area (Å²) in [6.07, 6.45) is 1.31. The molecule has 126 valence electrons. The molecule has 0 aliphatic rings. The Bertz CT molecular complexity index is 710. The van der Waals surface area contributed by atoms with Gasteiger partial charge in [0.25, 0.3) is 5.91 Å². The normalized spacial score (nSPS) is 11.0. The number of benzene rings is 1. The van der Waals surface area contributed by atoms with E-state index in [1.54, 1.807) is 20.8 Å². The fourth-order valence-corrected chi connectivity index (χ4v) is 1.92. The number of aromatic nitrogens is 2. The van der Waals surface area contributed by atoms with Gasteiger partial charge >= 0.3 is 0 Å². The highest BCUT2D eigenvalue weighted by Gasteiger charge is 2.20. The van der Waals surface area contributed by atoms with E-state index in [4.69, 9.17) is 5.73 Å². The number of aromatic hydroxyl groups is 1. The second-order valence-electron chi connectivity index (χ2n) is 5.91. The Balaban J connectivity index is 0.00000264. The van der Waals surface area contributed by atoms with Crippen molar-refractivity contribution in [2.75, 3.05) is 6.54 Å². The number of amides is 1. The average Bonchev–Trinajstić information content (AvgIpc) is 2.77. The smallest absolute Gasteiger partial charge is 0.275 e. The van der Waals surface area contributed by atoms with E-state index >= 15 is 0 Å². The lowest BCUT2D eigenvalue weighted by atomic mass is 10.1. The maximum Gasteiger partial charge on any atom is 0.275 e. The molecule has 1 aromatic carbocycles. The van der Waals surface area contributed by atoms with Crippen molar-refractivity contribution in [1.29, 1.82) is 0 Å². The van der Waals surface area contributed by atoms with Crippen LogP contribution in [0.5, 0.6) is 5.75 Å². The first-order chi connectivity index (χ1) is 10.2. The molecule has 0 saturated carbocycles. The standard InChI is InChI=1S/C15H19FN4O2.ClH/c1-9-6-10(16)4-5-11(9)20-7-12(21)13(19-20)14(22)18-8-15(2,3)17;/h4-7,21H,8,17H2,1-3H3,(H,18,22);1H. The number of carbonyl (C=O) groups excluding carboxylic acids is 1. The average molecular weight is 343 g/mol. The van der Waals surface area contributed by atoms with Crippen molar-refractivity contribution >= 4 is 18.3 Å². The van der Waals surface area contributed by atoms with Gasteiger partial charge in [-0.05, 0) is 44.5 Å². The lowest BCUT2D eigenvalue weighted by Crippen LogP contribution is -2.45. The van der Waals surface area contributed by atoms with E-state index in [1.807, 2.05) is 0 Å². The molecule has 0 fully saturated rings. The van der Waals surface area contributed by atoms with Crippen LogP contribution in [0.4, 0.5) is 4.39 Å². The number of aryl methyl sites for hydroxylation is 1. The molecule has 23 heavy (non-hydrogen) atoms. The van der Waals surface area contributed by atoms with Crippen molar-refractivity contribution in [3.05, 3.63) is 41.5 Å². The van der Waals surface area contributed by atoms with E-state index in [0.29, 0.717) is 11.3 Å². The minimum atomic E-state index is -0.568. The monoisotopic (exact) mass is 342 g/mol. The molecule has 0 aliphatic carbocycles. The highest BCUT2D eigenvalue weighted by Crippen LogP contribution is 2.21. The van der Waals surface area contributed by atoms with Gasteiger partial charge in [0.05, 0.1) is 11.9 Å². The van der Waals surface area contributed by atoms with Crippen LogP contribution in [0.25, 0.3) is 5.69 Å². The van der Waals surface area contributed by atoms with Gasteiger partial charge in [-0.2, -0.15) is 5.10 Å². The van der Waals surface area contributed by atoms with Gasteiger partial charge in [-0.1, -0.05) is 0 Å². The van der Waals surface area contributed by atoms with E-state index in [2.05, 4.69) is 10.4 Å². The van der Waals surface area contributed by atoms with Crippen molar-refractivity contribution in [3.63, 3.8) is 0 Å². The summed E-state index contributed by atoms with van der Waals surface area (Å²) in [5.74, 6) is -1.13. The lowest BCUT2D eigenvalue weighted by molar-refractivity contribution is 0.0938. The predicted molar refractivity (Wildman–Crippen MR) is 87.8 cm³/mol. The van der Waals surface area contributed by atoms with Crippen molar-refractivity contribution in [2.24, 2.45) is 5.73 Å². The molecular weight excluding hydrogens is 323 g/mol. The van der Waals surface area contributed by atoms with Gasteiger partial charge in [0.1, 0.15) is 5.82 Å². The highest BCUT2D eigenvalue weighted by molar-refractivity contribution is 5.94. The number of nitrogens with two attached hydrogens (primary N) is 1. The van der Waals surface area contributed by atoms with Crippen LogP contribution in [0.2, 0.25) is 0 Å². The second kappa shape index (κ2) is 6.97. The van der Waals surface area contributed by atoms with Crippen LogP contribution in [-0.2, 0) is 0 Å². The molecule has 8 heteroatoms. The molecule has 4 N–H and O–H groups in total. The molecular formula is C15H20ClFN4O2. The van der Waals surface area contributed by atoms with Crippen LogP contribution in [0.1, 0.15) is 29.9 Å². The largest absolute Gasteiger partial charge is 0.504 e. The molecule has 2 aromatic rings. The third-order valence-electron chi connectivity index (χ3n) is 3.02. The zero-order valence-electron chi connectivity index (χ0n) is 13.1. The van der Waals surface area contributed by atoms with Gasteiger partial charge in [-0.25, -0.2) is 9.07 Å². The van der Waals surface area contributed by atoms with Crippen LogP contribution in [0, 0.1) is 12.7 Å². The highest BCUT2D eigenvalue weighted by atomic mass is 35.5. The van der Waals surface area contributed by atoms with E-state index in [-0.39, 0.29) is 36.2 Å². The van der Waals surface area contributed by atoms with E-state index < -0.39 is 11.4 Å². The Morgan fingerprint density at radius 1 is 1.48 bits per heavy atom. The summed E-state index contributed by atoms with van der Waals surface area (Å²) in [5, 5.41) is 16.6. The molecule has 1 amide bonds. The number of rotatable bonds is 4. The summed E-state index contributed by atoms with van der Waals surface area (Å²) in [7, 11) is 0. The van der Waals surface area contributed by atoms with Crippen LogP contribution in [0.3, 0.4) is 0 Å². The van der Waals surface area contributed by atoms with Crippen molar-refractivity contribution in [3.8, 4) is 11.4 Å². The minimum absolute atomic E-state index is 0. The summed E-state index contributed by atoms with van der Waals surface area (Å²) in [6, 6.07) is 4.17. The van der Waals surface area contributed by atoms with Gasteiger partial charge in [-0.15, -0.1) is 12.4 Å². The Morgan fingerprint density at radius 2 is 2.13 bits per heavy atom. The van der Waals surface area contributed by atoms with Crippen molar-refractivity contribution in [2.45, 2.75) is 26.3 Å². The van der Waals surface area contributed by atoms with E-state index in [1.165, 1.54) is 29.1 Å². The first-order valence-electron chi connectivity index (χ1n) is 6.79. The predicted octanol–water partition coefficient (Wildman–Crippen LogP) is 1.91. The number of carbonyl (C=O) groups is 1. The van der Waals surface area contributed by atoms with Crippen LogP contribution >= 0.6 is 12.4 Å². The lowest BCUT2D eigenvalue weighted by Gasteiger charge is -2.18. The quantitative estimate of drug-likeness (QED) is 0.791. The van der Waals surface area contributed by atoms with Crippen LogP contribution in [0.15, 0.2) is 24.4 Å². The van der Waals surface area contributed by atoms with Crippen LogP contribution in [-0.4, -0.2) is 32.9 Å². The summed E-state index contributed by atoms with van der Waals surface area (Å²) >= 11 is 0. The third kappa shape index (κ3) is 4.67. The summed E-state index contributed by atoms with van der Waals surface area (Å²) in [6.45, 7) is 5.50. The van der Waals surface area contributed by atoms with Gasteiger partial charge in [0.2, 0.25) is 0 Å². The number of nitrogens with zero attached hydrogens (tertiary/aromatic N) is 2. The molecule has 0 spiro atoms. The number of hydrogen-bond donors (Lipinski definition) is 3. The summed E-state index contributed by atoms with van der Waals surface area (Å²) in [4.78, 5) is 12.0. The molecule has 0 saturated heterocycles. The topological polar surface area (TPSA) is 93.2 Å². The zero-order valence-corrected chi connectivity index (χ0v) is 13.9. The maximum absolute atomic E-state index is 13.1. The molecule has 0 unspecified atom stereocenters. The Kier molecular flexibility index (Phi) is 5.74. The van der Waals surface area contributed by atoms with Crippen molar-refractivity contribution < 1.29 is 14.3 Å². The van der Waals surface area contributed by atoms with Crippen LogP contribution < -0.4 is 11.1 Å². The molecule has 1 aromatic heterocycles. The Hall–Kier alpha value is -2.12. The Labute approximate surface area is 139 Å².